The third-order valence-electron chi connectivity index (χ3n) is 4.67. The molecule has 168 valence electrons. The molecule has 1 saturated heterocycles. The predicted octanol–water partition coefficient (Wildman–Crippen LogP) is 2.02. The summed E-state index contributed by atoms with van der Waals surface area (Å²) in [4.78, 5) is 12.1. The number of sulfonamides is 1. The summed E-state index contributed by atoms with van der Waals surface area (Å²) in [6.45, 7) is 0.942. The van der Waals surface area contributed by atoms with Crippen molar-refractivity contribution in [3.63, 3.8) is 0 Å². The standard InChI is InChI=1S/C19H21F2IN4O4S/c1-31(28,29)26-5-4-24-9-13(26)10-30-17-7-11(20)6-16(18(17)19(23)27)25-15-3-2-12(22)8-14(15)21/h2-3,6-8,13,24-25H,4-5,9-10H2,1H3,(H2,23,27). The SMILES string of the molecule is CS(=O)(=O)N1CCNCC1COc1cc(F)cc(Nc2ccc(I)cc2F)c1C(N)=O. The van der Waals surface area contributed by atoms with Gasteiger partial charge < -0.3 is 21.1 Å². The first-order chi connectivity index (χ1) is 14.6. The predicted molar refractivity (Wildman–Crippen MR) is 121 cm³/mol. The van der Waals surface area contributed by atoms with Crippen molar-refractivity contribution in [2.75, 3.05) is 37.8 Å². The molecule has 2 aromatic carbocycles. The van der Waals surface area contributed by atoms with Gasteiger partial charge in [0.15, 0.2) is 0 Å². The number of nitrogens with two attached hydrogens (primary N) is 1. The Morgan fingerprint density at radius 2 is 2.06 bits per heavy atom. The van der Waals surface area contributed by atoms with Crippen LogP contribution in [0.25, 0.3) is 0 Å². The lowest BCUT2D eigenvalue weighted by atomic mass is 10.1. The second-order valence-electron chi connectivity index (χ2n) is 6.98. The second-order valence-corrected chi connectivity index (χ2v) is 10.2. The highest BCUT2D eigenvalue weighted by atomic mass is 127. The zero-order chi connectivity index (χ0) is 22.8. The van der Waals surface area contributed by atoms with Gasteiger partial charge in [-0.25, -0.2) is 17.2 Å². The second kappa shape index (κ2) is 9.63. The highest BCUT2D eigenvalue weighted by Gasteiger charge is 2.30. The summed E-state index contributed by atoms with van der Waals surface area (Å²) in [7, 11) is -3.48. The summed E-state index contributed by atoms with van der Waals surface area (Å²) >= 11 is 1.95. The number of hydrogen-bond acceptors (Lipinski definition) is 6. The lowest BCUT2D eigenvalue weighted by Gasteiger charge is -2.34. The highest BCUT2D eigenvalue weighted by molar-refractivity contribution is 14.1. The Morgan fingerprint density at radius 1 is 1.32 bits per heavy atom. The fraction of sp³-hybridized carbons (Fsp3) is 0.316. The molecule has 0 bridgehead atoms. The maximum atomic E-state index is 14.3. The van der Waals surface area contributed by atoms with Crippen molar-refractivity contribution in [2.45, 2.75) is 6.04 Å². The van der Waals surface area contributed by atoms with E-state index in [1.807, 2.05) is 22.6 Å². The Kier molecular flexibility index (Phi) is 7.34. The molecule has 0 aromatic heterocycles. The number of halogens is 3. The largest absolute Gasteiger partial charge is 0.491 e. The van der Waals surface area contributed by atoms with Gasteiger partial charge in [0.1, 0.15) is 29.6 Å². The number of hydrogen-bond donors (Lipinski definition) is 3. The molecule has 1 atom stereocenters. The Hall–Kier alpha value is -2.03. The van der Waals surface area contributed by atoms with Gasteiger partial charge in [-0.2, -0.15) is 4.31 Å². The first kappa shape index (κ1) is 23.6. The molecule has 4 N–H and O–H groups in total. The van der Waals surface area contributed by atoms with Crippen LogP contribution in [0.1, 0.15) is 10.4 Å². The molecule has 1 unspecified atom stereocenters. The Bertz CT molecular complexity index is 1100. The van der Waals surface area contributed by atoms with Crippen molar-refractivity contribution in [1.29, 1.82) is 0 Å². The summed E-state index contributed by atoms with van der Waals surface area (Å²) in [6, 6.07) is 5.80. The number of primary amides is 1. The zero-order valence-corrected chi connectivity index (χ0v) is 19.5. The van der Waals surface area contributed by atoms with E-state index in [9.17, 15) is 22.0 Å². The van der Waals surface area contributed by atoms with E-state index in [1.54, 1.807) is 6.07 Å². The lowest BCUT2D eigenvalue weighted by molar-refractivity contribution is 0.0994. The van der Waals surface area contributed by atoms with Gasteiger partial charge in [0, 0.05) is 29.3 Å². The van der Waals surface area contributed by atoms with Crippen LogP contribution in [0.4, 0.5) is 20.2 Å². The summed E-state index contributed by atoms with van der Waals surface area (Å²) in [5, 5.41) is 5.75. The Balaban J connectivity index is 1.90. The minimum atomic E-state index is -3.48. The number of nitrogens with zero attached hydrogens (tertiary/aromatic N) is 1. The normalized spacial score (nSPS) is 17.4. The minimum Gasteiger partial charge on any atom is -0.491 e. The molecule has 1 heterocycles. The molecule has 2 aromatic rings. The molecule has 1 aliphatic rings. The van der Waals surface area contributed by atoms with Crippen LogP contribution in [0.3, 0.4) is 0 Å². The van der Waals surface area contributed by atoms with Crippen LogP contribution in [-0.4, -0.2) is 57.2 Å². The van der Waals surface area contributed by atoms with Gasteiger partial charge in [0.25, 0.3) is 5.91 Å². The molecule has 0 saturated carbocycles. The molecule has 1 amide bonds. The first-order valence-electron chi connectivity index (χ1n) is 9.22. The van der Waals surface area contributed by atoms with Crippen LogP contribution in [0.5, 0.6) is 5.75 Å². The first-order valence-corrected chi connectivity index (χ1v) is 12.1. The molecule has 1 fully saturated rings. The maximum Gasteiger partial charge on any atom is 0.254 e. The lowest BCUT2D eigenvalue weighted by Crippen LogP contribution is -2.55. The Morgan fingerprint density at radius 3 is 2.71 bits per heavy atom. The number of carbonyl (C=O) groups excluding carboxylic acids is 1. The molecular formula is C19H21F2IN4O4S. The number of benzene rings is 2. The topological polar surface area (TPSA) is 114 Å². The average Bonchev–Trinajstić information content (AvgIpc) is 2.67. The quantitative estimate of drug-likeness (QED) is 0.443. The van der Waals surface area contributed by atoms with Crippen LogP contribution in [0.2, 0.25) is 0 Å². The highest BCUT2D eigenvalue weighted by Crippen LogP contribution is 2.32. The van der Waals surface area contributed by atoms with Gasteiger partial charge >= 0.3 is 0 Å². The molecule has 12 heteroatoms. The van der Waals surface area contributed by atoms with Crippen molar-refractivity contribution in [3.05, 3.63) is 51.1 Å². The number of amides is 1. The van der Waals surface area contributed by atoms with Crippen LogP contribution in [0, 0.1) is 15.2 Å². The fourth-order valence-corrected chi connectivity index (χ4v) is 4.84. The molecule has 0 radical (unpaired) electrons. The van der Waals surface area contributed by atoms with Crippen LogP contribution in [0.15, 0.2) is 30.3 Å². The maximum absolute atomic E-state index is 14.3. The molecule has 1 aliphatic heterocycles. The molecule has 8 nitrogen and oxygen atoms in total. The molecule has 31 heavy (non-hydrogen) atoms. The number of ether oxygens (including phenoxy) is 1. The van der Waals surface area contributed by atoms with Gasteiger partial charge in [-0.15, -0.1) is 0 Å². The van der Waals surface area contributed by atoms with Gasteiger partial charge in [-0.1, -0.05) is 0 Å². The van der Waals surface area contributed by atoms with Crippen LogP contribution < -0.4 is 21.1 Å². The van der Waals surface area contributed by atoms with Crippen molar-refractivity contribution >= 4 is 49.9 Å². The number of anilines is 2. The smallest absolute Gasteiger partial charge is 0.254 e. The number of rotatable bonds is 7. The van der Waals surface area contributed by atoms with E-state index in [1.165, 1.54) is 16.4 Å². The minimum absolute atomic E-state index is 0.0270. The van der Waals surface area contributed by atoms with E-state index in [4.69, 9.17) is 10.5 Å². The third kappa shape index (κ3) is 5.81. The summed E-state index contributed by atoms with van der Waals surface area (Å²) in [6.07, 6.45) is 1.10. The molecular weight excluding hydrogens is 545 g/mol. The van der Waals surface area contributed by atoms with Crippen molar-refractivity contribution in [1.82, 2.24) is 9.62 Å². The number of piperazine rings is 1. The van der Waals surface area contributed by atoms with E-state index < -0.39 is 33.6 Å². The van der Waals surface area contributed by atoms with Crippen molar-refractivity contribution < 1.29 is 26.7 Å². The van der Waals surface area contributed by atoms with Crippen molar-refractivity contribution in [3.8, 4) is 5.75 Å². The zero-order valence-electron chi connectivity index (χ0n) is 16.5. The monoisotopic (exact) mass is 566 g/mol. The van der Waals surface area contributed by atoms with Crippen LogP contribution in [-0.2, 0) is 10.0 Å². The van der Waals surface area contributed by atoms with Crippen molar-refractivity contribution in [2.24, 2.45) is 5.73 Å². The molecule has 0 aliphatic carbocycles. The number of carbonyl (C=O) groups is 1. The van der Waals surface area contributed by atoms with Gasteiger partial charge in [0.2, 0.25) is 10.0 Å². The fourth-order valence-electron chi connectivity index (χ4n) is 3.29. The molecule has 0 spiro atoms. The van der Waals surface area contributed by atoms with E-state index >= 15 is 0 Å². The van der Waals surface area contributed by atoms with Crippen LogP contribution >= 0.6 is 22.6 Å². The average molecular weight is 566 g/mol. The van der Waals surface area contributed by atoms with E-state index in [0.29, 0.717) is 16.7 Å². The summed E-state index contributed by atoms with van der Waals surface area (Å²) in [5.41, 5.74) is 5.28. The van der Waals surface area contributed by atoms with Gasteiger partial charge in [-0.05, 0) is 46.9 Å². The van der Waals surface area contributed by atoms with E-state index in [-0.39, 0.29) is 35.8 Å². The summed E-state index contributed by atoms with van der Waals surface area (Å²) in [5.74, 6) is -2.41. The van der Waals surface area contributed by atoms with E-state index in [0.717, 1.165) is 18.4 Å². The number of nitrogens with one attached hydrogen (secondary N) is 2. The van der Waals surface area contributed by atoms with E-state index in [2.05, 4.69) is 10.6 Å². The van der Waals surface area contributed by atoms with Gasteiger partial charge in [0.05, 0.1) is 23.7 Å². The Labute approximate surface area is 192 Å². The third-order valence-corrected chi connectivity index (χ3v) is 6.67. The van der Waals surface area contributed by atoms with Gasteiger partial charge in [-0.3, -0.25) is 4.79 Å². The molecule has 3 rings (SSSR count). The summed E-state index contributed by atoms with van der Waals surface area (Å²) < 4.78 is 60.1.